The Kier molecular flexibility index (Phi) is 4.41. The molecule has 0 radical (unpaired) electrons. The van der Waals surface area contributed by atoms with Crippen molar-refractivity contribution in [2.45, 2.75) is 6.54 Å². The first kappa shape index (κ1) is 13.9. The number of carbonyl (C=O) groups excluding carboxylic acids is 1. The summed E-state index contributed by atoms with van der Waals surface area (Å²) in [4.78, 5) is 11.2. The molecule has 0 amide bonds. The largest absolute Gasteiger partial charge is 0.467 e. The quantitative estimate of drug-likeness (QED) is 0.657. The van der Waals surface area contributed by atoms with Gasteiger partial charge in [0.15, 0.2) is 0 Å². The third-order valence-corrected chi connectivity index (χ3v) is 3.35. The van der Waals surface area contributed by atoms with Gasteiger partial charge in [-0.15, -0.1) is 0 Å². The Morgan fingerprint density at radius 3 is 2.95 bits per heavy atom. The number of hydrogen-bond donors (Lipinski definition) is 1. The average Bonchev–Trinajstić information content (AvgIpc) is 2.85. The molecule has 0 aliphatic rings. The Labute approximate surface area is 123 Å². The highest BCUT2D eigenvalue weighted by Crippen LogP contribution is 2.20. The van der Waals surface area contributed by atoms with Gasteiger partial charge in [-0.05, 0) is 46.9 Å². The lowest BCUT2D eigenvalue weighted by Crippen LogP contribution is -2.01. The Bertz CT molecular complexity index is 597. The van der Waals surface area contributed by atoms with Crippen molar-refractivity contribution in [3.8, 4) is 0 Å². The molecule has 1 heterocycles. The second-order valence-electron chi connectivity index (χ2n) is 3.77. The first-order valence-electron chi connectivity index (χ1n) is 5.45. The van der Waals surface area contributed by atoms with Crippen LogP contribution in [0.25, 0.3) is 0 Å². The summed E-state index contributed by atoms with van der Waals surface area (Å²) in [7, 11) is 1.31. The van der Waals surface area contributed by atoms with E-state index in [1.807, 2.05) is 22.6 Å². The molecule has 1 aromatic heterocycles. The summed E-state index contributed by atoms with van der Waals surface area (Å²) in [6.07, 6.45) is 1.35. The maximum Gasteiger partial charge on any atom is 0.341 e. The zero-order chi connectivity index (χ0) is 13.8. The number of rotatable bonds is 4. The van der Waals surface area contributed by atoms with E-state index in [-0.39, 0.29) is 5.82 Å². The third kappa shape index (κ3) is 3.46. The van der Waals surface area contributed by atoms with Crippen molar-refractivity contribution >= 4 is 34.2 Å². The van der Waals surface area contributed by atoms with Crippen LogP contribution in [0.4, 0.5) is 10.1 Å². The molecule has 2 aromatic rings. The predicted molar refractivity (Wildman–Crippen MR) is 76.5 cm³/mol. The zero-order valence-electron chi connectivity index (χ0n) is 10.1. The lowest BCUT2D eigenvalue weighted by Gasteiger charge is -2.06. The fraction of sp³-hybridized carbons (Fsp3) is 0.154. The second kappa shape index (κ2) is 6.05. The minimum atomic E-state index is -0.439. The van der Waals surface area contributed by atoms with E-state index >= 15 is 0 Å². The van der Waals surface area contributed by atoms with E-state index in [0.29, 0.717) is 17.9 Å². The van der Waals surface area contributed by atoms with Crippen molar-refractivity contribution in [1.82, 2.24) is 0 Å². The van der Waals surface area contributed by atoms with Crippen LogP contribution < -0.4 is 5.32 Å². The van der Waals surface area contributed by atoms with Crippen LogP contribution in [-0.4, -0.2) is 13.1 Å². The summed E-state index contributed by atoms with van der Waals surface area (Å²) in [6, 6.07) is 6.08. The van der Waals surface area contributed by atoms with Crippen LogP contribution in [0.15, 0.2) is 34.9 Å². The molecule has 0 saturated heterocycles. The van der Waals surface area contributed by atoms with Crippen molar-refractivity contribution in [2.24, 2.45) is 0 Å². The number of ether oxygens (including phenoxy) is 1. The van der Waals surface area contributed by atoms with Crippen molar-refractivity contribution in [2.75, 3.05) is 12.4 Å². The monoisotopic (exact) mass is 375 g/mol. The minimum Gasteiger partial charge on any atom is -0.467 e. The van der Waals surface area contributed by atoms with Gasteiger partial charge in [0.05, 0.1) is 19.2 Å². The summed E-state index contributed by atoms with van der Waals surface area (Å²) in [5.74, 6) is -0.118. The van der Waals surface area contributed by atoms with Gasteiger partial charge in [-0.25, -0.2) is 9.18 Å². The molecule has 0 fully saturated rings. The number of nitrogens with one attached hydrogen (secondary N) is 1. The number of esters is 1. The molecule has 0 spiro atoms. The van der Waals surface area contributed by atoms with Crippen LogP contribution >= 0.6 is 22.6 Å². The van der Waals surface area contributed by atoms with Gasteiger partial charge in [0, 0.05) is 9.26 Å². The number of methoxy groups -OCH3 is 1. The first-order chi connectivity index (χ1) is 9.10. The molecule has 100 valence electrons. The molecule has 6 heteroatoms. The number of anilines is 1. The Morgan fingerprint density at radius 1 is 1.47 bits per heavy atom. The van der Waals surface area contributed by atoms with E-state index in [0.717, 1.165) is 9.26 Å². The summed E-state index contributed by atoms with van der Waals surface area (Å²) >= 11 is 2.04. The average molecular weight is 375 g/mol. The van der Waals surface area contributed by atoms with Crippen LogP contribution in [0.3, 0.4) is 0 Å². The molecule has 4 nitrogen and oxygen atoms in total. The highest BCUT2D eigenvalue weighted by Gasteiger charge is 2.10. The highest BCUT2D eigenvalue weighted by atomic mass is 127. The van der Waals surface area contributed by atoms with Crippen molar-refractivity contribution in [3.05, 3.63) is 51.2 Å². The topological polar surface area (TPSA) is 51.5 Å². The van der Waals surface area contributed by atoms with Gasteiger partial charge in [0.25, 0.3) is 0 Å². The van der Waals surface area contributed by atoms with Crippen molar-refractivity contribution in [3.63, 3.8) is 0 Å². The van der Waals surface area contributed by atoms with E-state index in [9.17, 15) is 9.18 Å². The smallest absolute Gasteiger partial charge is 0.341 e. The van der Waals surface area contributed by atoms with E-state index in [4.69, 9.17) is 4.42 Å². The highest BCUT2D eigenvalue weighted by molar-refractivity contribution is 14.1. The number of carbonyl (C=O) groups is 1. The van der Waals surface area contributed by atoms with Crippen LogP contribution in [0.1, 0.15) is 16.1 Å². The maximum absolute atomic E-state index is 12.9. The summed E-state index contributed by atoms with van der Waals surface area (Å²) in [5.41, 5.74) is 1.17. The molecule has 0 atom stereocenters. The fourth-order valence-corrected chi connectivity index (χ4v) is 2.18. The van der Waals surface area contributed by atoms with Crippen molar-refractivity contribution in [1.29, 1.82) is 0 Å². The van der Waals surface area contributed by atoms with Crippen molar-refractivity contribution < 1.29 is 18.3 Å². The van der Waals surface area contributed by atoms with E-state index in [2.05, 4.69) is 10.1 Å². The first-order valence-corrected chi connectivity index (χ1v) is 6.52. The third-order valence-electron chi connectivity index (χ3n) is 2.46. The van der Waals surface area contributed by atoms with Gasteiger partial charge in [0.1, 0.15) is 17.8 Å². The Hall–Kier alpha value is -1.57. The van der Waals surface area contributed by atoms with E-state index in [1.165, 1.54) is 25.5 Å². The molecule has 0 saturated carbocycles. The van der Waals surface area contributed by atoms with E-state index in [1.54, 1.807) is 12.1 Å². The minimum absolute atomic E-state index is 0.277. The normalized spacial score (nSPS) is 10.3. The molecular weight excluding hydrogens is 364 g/mol. The Morgan fingerprint density at radius 2 is 2.26 bits per heavy atom. The summed E-state index contributed by atoms with van der Waals surface area (Å²) in [6.45, 7) is 0.401. The molecule has 0 aliphatic heterocycles. The SMILES string of the molecule is COC(=O)c1coc(CNc2ccc(F)cc2I)c1. The number of hydrogen-bond acceptors (Lipinski definition) is 4. The second-order valence-corrected chi connectivity index (χ2v) is 4.93. The number of benzene rings is 1. The van der Waals surface area contributed by atoms with Crippen LogP contribution in [0, 0.1) is 9.39 Å². The molecule has 0 bridgehead atoms. The van der Waals surface area contributed by atoms with Gasteiger partial charge < -0.3 is 14.5 Å². The standard InChI is InChI=1S/C13H11FINO3/c1-18-13(17)8-4-10(19-7-8)6-16-12-3-2-9(14)5-11(12)15/h2-5,7,16H,6H2,1H3. The molecule has 1 aromatic carbocycles. The van der Waals surface area contributed by atoms with Gasteiger partial charge in [-0.1, -0.05) is 0 Å². The summed E-state index contributed by atoms with van der Waals surface area (Å²) in [5, 5.41) is 3.11. The Balaban J connectivity index is 2.02. The molecule has 0 aliphatic carbocycles. The zero-order valence-corrected chi connectivity index (χ0v) is 12.2. The summed E-state index contributed by atoms with van der Waals surface area (Å²) < 4.78 is 23.5. The van der Waals surface area contributed by atoms with Gasteiger partial charge >= 0.3 is 5.97 Å². The maximum atomic E-state index is 12.9. The molecule has 1 N–H and O–H groups in total. The molecular formula is C13H11FINO3. The lowest BCUT2D eigenvalue weighted by atomic mass is 10.3. The molecule has 19 heavy (non-hydrogen) atoms. The number of halogens is 2. The van der Waals surface area contributed by atoms with Crippen LogP contribution in [0.2, 0.25) is 0 Å². The predicted octanol–water partition coefficient (Wildman–Crippen LogP) is 3.42. The fourth-order valence-electron chi connectivity index (χ4n) is 1.51. The van der Waals surface area contributed by atoms with E-state index < -0.39 is 5.97 Å². The van der Waals surface area contributed by atoms with Crippen LogP contribution in [0.5, 0.6) is 0 Å². The number of furan rings is 1. The molecule has 2 rings (SSSR count). The molecule has 0 unspecified atom stereocenters. The van der Waals surface area contributed by atoms with Gasteiger partial charge in [-0.3, -0.25) is 0 Å². The van der Waals surface area contributed by atoms with Crippen LogP contribution in [-0.2, 0) is 11.3 Å². The lowest BCUT2D eigenvalue weighted by molar-refractivity contribution is 0.0600. The van der Waals surface area contributed by atoms with Gasteiger partial charge in [0.2, 0.25) is 0 Å². The van der Waals surface area contributed by atoms with Gasteiger partial charge in [-0.2, -0.15) is 0 Å².